The minimum Gasteiger partial charge on any atom is -0.467 e. The van der Waals surface area contributed by atoms with E-state index in [1.807, 2.05) is 45.0 Å². The Hall–Kier alpha value is -3.19. The van der Waals surface area contributed by atoms with Crippen LogP contribution >= 0.6 is 0 Å². The van der Waals surface area contributed by atoms with E-state index >= 15 is 0 Å². The monoisotopic (exact) mass is 411 g/mol. The fourth-order valence-corrected chi connectivity index (χ4v) is 3.18. The van der Waals surface area contributed by atoms with E-state index in [0.29, 0.717) is 11.3 Å². The highest BCUT2D eigenvalue weighted by Crippen LogP contribution is 2.21. The van der Waals surface area contributed by atoms with Crippen LogP contribution in [0.15, 0.2) is 48.5 Å². The van der Waals surface area contributed by atoms with E-state index in [4.69, 9.17) is 10.5 Å². The van der Waals surface area contributed by atoms with Gasteiger partial charge in [0.15, 0.2) is 11.3 Å². The number of ether oxygens (including phenoxy) is 1. The number of rotatable bonds is 8. The number of hydrogen-bond acceptors (Lipinski definition) is 5. The lowest BCUT2D eigenvalue weighted by atomic mass is 9.83. The number of urea groups is 1. The first kappa shape index (κ1) is 23.1. The summed E-state index contributed by atoms with van der Waals surface area (Å²) in [6.07, 6.45) is 0.200. The predicted octanol–water partition coefficient (Wildman–Crippen LogP) is 3.67. The quantitative estimate of drug-likeness (QED) is 0.453. The first-order chi connectivity index (χ1) is 14.2. The molecule has 0 aliphatic heterocycles. The largest absolute Gasteiger partial charge is 0.467 e. The summed E-state index contributed by atoms with van der Waals surface area (Å²) in [6, 6.07) is 13.9. The van der Waals surface area contributed by atoms with Crippen molar-refractivity contribution >= 4 is 29.2 Å². The number of ketones is 1. The molecule has 30 heavy (non-hydrogen) atoms. The number of nitrogens with one attached hydrogen (secondary N) is 2. The minimum atomic E-state index is -1.67. The van der Waals surface area contributed by atoms with Gasteiger partial charge in [-0.05, 0) is 48.6 Å². The molecule has 0 saturated heterocycles. The maximum atomic E-state index is 12.8. The molecule has 0 aromatic heterocycles. The molecule has 0 fully saturated rings. The number of carbonyl (C=O) groups excluding carboxylic acids is 3. The zero-order valence-electron chi connectivity index (χ0n) is 17.8. The second-order valence-corrected chi connectivity index (χ2v) is 7.75. The third-order valence-corrected chi connectivity index (χ3v) is 4.75. The lowest BCUT2D eigenvalue weighted by molar-refractivity contribution is -0.152. The molecule has 1 atom stereocenters. The smallest absolute Gasteiger partial charge is 0.333 e. The molecule has 2 aromatic rings. The maximum Gasteiger partial charge on any atom is 0.333 e. The number of benzene rings is 2. The van der Waals surface area contributed by atoms with Gasteiger partial charge in [0.1, 0.15) is 0 Å². The van der Waals surface area contributed by atoms with Gasteiger partial charge < -0.3 is 21.1 Å². The van der Waals surface area contributed by atoms with Crippen LogP contribution in [-0.2, 0) is 20.7 Å². The molecule has 7 nitrogen and oxygen atoms in total. The van der Waals surface area contributed by atoms with Gasteiger partial charge in [0.05, 0.1) is 7.11 Å². The number of hydrogen-bond donors (Lipinski definition) is 3. The molecular formula is C23H29N3O4. The lowest BCUT2D eigenvalue weighted by Crippen LogP contribution is -2.57. The van der Waals surface area contributed by atoms with Gasteiger partial charge in [-0.2, -0.15) is 0 Å². The fourth-order valence-electron chi connectivity index (χ4n) is 3.18. The molecule has 0 radical (unpaired) electrons. The van der Waals surface area contributed by atoms with E-state index in [1.54, 1.807) is 24.3 Å². The van der Waals surface area contributed by atoms with Crippen LogP contribution in [0.2, 0.25) is 0 Å². The first-order valence-electron chi connectivity index (χ1n) is 9.79. The topological polar surface area (TPSA) is 111 Å². The van der Waals surface area contributed by atoms with Crippen LogP contribution in [0.4, 0.5) is 16.2 Å². The van der Waals surface area contributed by atoms with E-state index in [1.165, 1.54) is 7.11 Å². The molecule has 2 amide bonds. The van der Waals surface area contributed by atoms with Crippen molar-refractivity contribution in [3.63, 3.8) is 0 Å². The average Bonchev–Trinajstić information content (AvgIpc) is 2.69. The second kappa shape index (κ2) is 10.0. The Bertz CT molecular complexity index is 909. The van der Waals surface area contributed by atoms with Gasteiger partial charge >= 0.3 is 12.0 Å². The highest BCUT2D eigenvalue weighted by Gasteiger charge is 2.42. The summed E-state index contributed by atoms with van der Waals surface area (Å²) in [6.45, 7) is 5.69. The number of esters is 1. The van der Waals surface area contributed by atoms with Crippen LogP contribution in [0, 0.1) is 12.8 Å². The number of para-hydroxylation sites is 1. The molecule has 0 heterocycles. The summed E-state index contributed by atoms with van der Waals surface area (Å²) >= 11 is 0. The SMILES string of the molecule is COC(=O)[C@@](N)(CC(C)C)C(=O)Cc1ccc(NC(=O)Nc2ccccc2C)cc1. The number of carbonyl (C=O) groups is 3. The lowest BCUT2D eigenvalue weighted by Gasteiger charge is -2.26. The summed E-state index contributed by atoms with van der Waals surface area (Å²) in [5.74, 6) is -1.08. The van der Waals surface area contributed by atoms with Gasteiger partial charge in [-0.15, -0.1) is 0 Å². The van der Waals surface area contributed by atoms with Gasteiger partial charge in [0, 0.05) is 17.8 Å². The molecule has 160 valence electrons. The second-order valence-electron chi connectivity index (χ2n) is 7.75. The Morgan fingerprint density at radius 1 is 1.03 bits per heavy atom. The number of amides is 2. The standard InChI is InChI=1S/C23H29N3O4/c1-15(2)14-23(24,21(28)30-4)20(27)13-17-9-11-18(12-10-17)25-22(29)26-19-8-6-5-7-16(19)3/h5-12,15H,13-14,24H2,1-4H3,(H2,25,26,29)/t23-/m1/s1. The highest BCUT2D eigenvalue weighted by molar-refractivity contribution is 6.09. The van der Waals surface area contributed by atoms with Crippen LogP contribution in [0.3, 0.4) is 0 Å². The van der Waals surface area contributed by atoms with Crippen molar-refractivity contribution in [3.05, 3.63) is 59.7 Å². The van der Waals surface area contributed by atoms with Crippen molar-refractivity contribution in [3.8, 4) is 0 Å². The zero-order chi connectivity index (χ0) is 22.3. The summed E-state index contributed by atoms with van der Waals surface area (Å²) in [7, 11) is 1.22. The van der Waals surface area contributed by atoms with Crippen molar-refractivity contribution < 1.29 is 19.1 Å². The number of anilines is 2. The van der Waals surface area contributed by atoms with Crippen LogP contribution in [-0.4, -0.2) is 30.4 Å². The van der Waals surface area contributed by atoms with Crippen LogP contribution in [0.5, 0.6) is 0 Å². The van der Waals surface area contributed by atoms with Gasteiger partial charge in [-0.3, -0.25) is 4.79 Å². The van der Waals surface area contributed by atoms with Crippen molar-refractivity contribution in [2.75, 3.05) is 17.7 Å². The Morgan fingerprint density at radius 2 is 1.67 bits per heavy atom. The molecule has 0 spiro atoms. The van der Waals surface area contributed by atoms with Crippen LogP contribution in [0.1, 0.15) is 31.4 Å². The van der Waals surface area contributed by atoms with Gasteiger partial charge in [-0.25, -0.2) is 9.59 Å². The third kappa shape index (κ3) is 5.90. The molecule has 0 aliphatic carbocycles. The molecular weight excluding hydrogens is 382 g/mol. The van der Waals surface area contributed by atoms with E-state index in [-0.39, 0.29) is 24.8 Å². The molecule has 0 bridgehead atoms. The molecule has 2 rings (SSSR count). The number of methoxy groups -OCH3 is 1. The Morgan fingerprint density at radius 3 is 2.23 bits per heavy atom. The normalized spacial score (nSPS) is 12.7. The third-order valence-electron chi connectivity index (χ3n) is 4.75. The highest BCUT2D eigenvalue weighted by atomic mass is 16.5. The molecule has 0 unspecified atom stereocenters. The van der Waals surface area contributed by atoms with Crippen molar-refractivity contribution in [1.29, 1.82) is 0 Å². The fraction of sp³-hybridized carbons (Fsp3) is 0.348. The van der Waals surface area contributed by atoms with Crippen molar-refractivity contribution in [1.82, 2.24) is 0 Å². The summed E-state index contributed by atoms with van der Waals surface area (Å²) < 4.78 is 4.76. The van der Waals surface area contributed by atoms with E-state index in [9.17, 15) is 14.4 Å². The van der Waals surface area contributed by atoms with Gasteiger partial charge in [0.2, 0.25) is 0 Å². The molecule has 0 saturated carbocycles. The Labute approximate surface area is 177 Å². The van der Waals surface area contributed by atoms with Gasteiger partial charge in [-0.1, -0.05) is 44.2 Å². The molecule has 4 N–H and O–H groups in total. The first-order valence-corrected chi connectivity index (χ1v) is 9.79. The van der Waals surface area contributed by atoms with E-state index in [2.05, 4.69) is 10.6 Å². The molecule has 0 aliphatic rings. The zero-order valence-corrected chi connectivity index (χ0v) is 17.8. The Balaban J connectivity index is 2.02. The minimum absolute atomic E-state index is 0.00595. The molecule has 2 aromatic carbocycles. The number of Topliss-reactive ketones (excluding diaryl/α,β-unsaturated/α-hetero) is 1. The van der Waals surface area contributed by atoms with Crippen LogP contribution in [0.25, 0.3) is 0 Å². The summed E-state index contributed by atoms with van der Waals surface area (Å²) in [4.78, 5) is 37.1. The van der Waals surface area contributed by atoms with E-state index < -0.39 is 17.3 Å². The predicted molar refractivity (Wildman–Crippen MR) is 117 cm³/mol. The maximum absolute atomic E-state index is 12.8. The van der Waals surface area contributed by atoms with Crippen molar-refractivity contribution in [2.24, 2.45) is 11.7 Å². The summed E-state index contributed by atoms with van der Waals surface area (Å²) in [5.41, 5.74) is 7.41. The van der Waals surface area contributed by atoms with Crippen molar-refractivity contribution in [2.45, 2.75) is 39.2 Å². The number of nitrogens with two attached hydrogens (primary N) is 1. The summed E-state index contributed by atoms with van der Waals surface area (Å²) in [5, 5.41) is 5.54. The number of aryl methyl sites for hydroxylation is 1. The Kier molecular flexibility index (Phi) is 7.72. The van der Waals surface area contributed by atoms with Crippen LogP contribution < -0.4 is 16.4 Å². The average molecular weight is 412 g/mol. The molecule has 7 heteroatoms. The van der Waals surface area contributed by atoms with Gasteiger partial charge in [0.25, 0.3) is 0 Å². The van der Waals surface area contributed by atoms with E-state index in [0.717, 1.165) is 11.3 Å².